The van der Waals surface area contributed by atoms with Crippen LogP contribution >= 0.6 is 0 Å². The minimum Gasteiger partial charge on any atom is -0.366 e. The largest absolute Gasteiger partial charge is 0.366 e. The lowest BCUT2D eigenvalue weighted by Crippen LogP contribution is -2.60. The minimum absolute atomic E-state index is 0.0235. The van der Waals surface area contributed by atoms with Crippen LogP contribution in [0.3, 0.4) is 0 Å². The number of hydrogen-bond donors (Lipinski definition) is 1. The molecule has 3 heteroatoms. The first-order valence-electron chi connectivity index (χ1n) is 9.13. The first-order chi connectivity index (χ1) is 11.0. The Morgan fingerprint density at radius 3 is 2.48 bits per heavy atom. The zero-order valence-corrected chi connectivity index (χ0v) is 15.0. The van der Waals surface area contributed by atoms with Crippen molar-refractivity contribution in [2.24, 2.45) is 0 Å². The van der Waals surface area contributed by atoms with Crippen LogP contribution in [0.1, 0.15) is 45.1 Å². The molecule has 1 aromatic rings. The van der Waals surface area contributed by atoms with Crippen LogP contribution in [0, 0.1) is 0 Å². The van der Waals surface area contributed by atoms with Gasteiger partial charge in [-0.05, 0) is 58.6 Å². The summed E-state index contributed by atoms with van der Waals surface area (Å²) < 4.78 is 6.48. The molecule has 0 aromatic heterocycles. The third-order valence-corrected chi connectivity index (χ3v) is 5.58. The van der Waals surface area contributed by atoms with Crippen LogP contribution in [0.5, 0.6) is 0 Å². The van der Waals surface area contributed by atoms with Gasteiger partial charge in [0, 0.05) is 25.7 Å². The topological polar surface area (TPSA) is 24.5 Å². The van der Waals surface area contributed by atoms with Crippen molar-refractivity contribution in [2.45, 2.75) is 63.2 Å². The standard InChI is InChI=1S/C20H32N2O/c1-19(2)15-21-16-20(23-19)12-9-18(10-13-20)22(3)14-11-17-7-5-4-6-8-17/h4-8,18,21H,9-16H2,1-3H3. The number of likely N-dealkylation sites (N-methyl/N-ethyl adjacent to an activating group) is 1. The monoisotopic (exact) mass is 316 g/mol. The van der Waals surface area contributed by atoms with E-state index in [2.05, 4.69) is 61.4 Å². The molecule has 0 atom stereocenters. The molecule has 3 nitrogen and oxygen atoms in total. The highest BCUT2D eigenvalue weighted by Crippen LogP contribution is 2.38. The van der Waals surface area contributed by atoms with E-state index < -0.39 is 0 Å². The second-order valence-corrected chi connectivity index (χ2v) is 8.10. The lowest BCUT2D eigenvalue weighted by molar-refractivity contribution is -0.179. The van der Waals surface area contributed by atoms with E-state index in [1.54, 1.807) is 0 Å². The highest BCUT2D eigenvalue weighted by Gasteiger charge is 2.43. The van der Waals surface area contributed by atoms with Crippen LogP contribution in [0.2, 0.25) is 0 Å². The van der Waals surface area contributed by atoms with Crippen LogP contribution in [-0.2, 0) is 11.2 Å². The molecule has 1 spiro atoms. The predicted molar refractivity (Wildman–Crippen MR) is 95.8 cm³/mol. The van der Waals surface area contributed by atoms with E-state index in [1.165, 1.54) is 31.2 Å². The summed E-state index contributed by atoms with van der Waals surface area (Å²) in [6, 6.07) is 11.5. The summed E-state index contributed by atoms with van der Waals surface area (Å²) in [5, 5.41) is 3.59. The van der Waals surface area contributed by atoms with E-state index >= 15 is 0 Å². The first-order valence-corrected chi connectivity index (χ1v) is 9.13. The van der Waals surface area contributed by atoms with Gasteiger partial charge < -0.3 is 15.0 Å². The number of hydrogen-bond acceptors (Lipinski definition) is 3. The SMILES string of the molecule is CN(CCc1ccccc1)C1CCC2(CC1)CNCC(C)(C)O2. The average Bonchev–Trinajstić information content (AvgIpc) is 2.53. The predicted octanol–water partition coefficient (Wildman–Crippen LogP) is 3.24. The molecule has 2 aliphatic rings. The average molecular weight is 316 g/mol. The van der Waals surface area contributed by atoms with Crippen LogP contribution < -0.4 is 5.32 Å². The second-order valence-electron chi connectivity index (χ2n) is 8.10. The fourth-order valence-corrected chi connectivity index (χ4v) is 4.23. The fourth-order valence-electron chi connectivity index (χ4n) is 4.23. The maximum absolute atomic E-state index is 6.48. The molecule has 1 saturated heterocycles. The van der Waals surface area contributed by atoms with Gasteiger partial charge >= 0.3 is 0 Å². The third kappa shape index (κ3) is 4.34. The number of nitrogens with zero attached hydrogens (tertiary/aromatic N) is 1. The van der Waals surface area contributed by atoms with Crippen molar-refractivity contribution in [1.29, 1.82) is 0 Å². The fraction of sp³-hybridized carbons (Fsp3) is 0.700. The van der Waals surface area contributed by atoms with E-state index in [9.17, 15) is 0 Å². The normalized spacial score (nSPS) is 30.7. The molecule has 23 heavy (non-hydrogen) atoms. The smallest absolute Gasteiger partial charge is 0.0815 e. The van der Waals surface area contributed by atoms with E-state index in [-0.39, 0.29) is 11.2 Å². The summed E-state index contributed by atoms with van der Waals surface area (Å²) in [6.45, 7) is 7.55. The van der Waals surface area contributed by atoms with Crippen molar-refractivity contribution < 1.29 is 4.74 Å². The molecule has 1 N–H and O–H groups in total. The summed E-state index contributed by atoms with van der Waals surface area (Å²) in [7, 11) is 2.29. The molecule has 1 aromatic carbocycles. The van der Waals surface area contributed by atoms with Gasteiger partial charge in [-0.1, -0.05) is 30.3 Å². The summed E-state index contributed by atoms with van der Waals surface area (Å²) in [4.78, 5) is 2.56. The number of benzene rings is 1. The van der Waals surface area contributed by atoms with Crippen LogP contribution in [0.4, 0.5) is 0 Å². The Labute approximate surface area is 141 Å². The van der Waals surface area contributed by atoms with Gasteiger partial charge in [0.15, 0.2) is 0 Å². The van der Waals surface area contributed by atoms with Gasteiger partial charge in [-0.2, -0.15) is 0 Å². The van der Waals surface area contributed by atoms with Crippen molar-refractivity contribution in [3.8, 4) is 0 Å². The Morgan fingerprint density at radius 2 is 1.83 bits per heavy atom. The molecule has 0 amide bonds. The summed E-state index contributed by atoms with van der Waals surface area (Å²) in [6.07, 6.45) is 6.02. The highest BCUT2D eigenvalue weighted by atomic mass is 16.5. The molecule has 0 bridgehead atoms. The molecule has 1 aliphatic heterocycles. The molecule has 1 saturated carbocycles. The number of ether oxygens (including phenoxy) is 1. The Kier molecular flexibility index (Phi) is 5.10. The van der Waals surface area contributed by atoms with Gasteiger partial charge in [0.05, 0.1) is 11.2 Å². The van der Waals surface area contributed by atoms with Gasteiger partial charge in [0.25, 0.3) is 0 Å². The third-order valence-electron chi connectivity index (χ3n) is 5.58. The van der Waals surface area contributed by atoms with Crippen molar-refractivity contribution in [3.05, 3.63) is 35.9 Å². The molecular formula is C20H32N2O. The molecule has 0 unspecified atom stereocenters. The van der Waals surface area contributed by atoms with Gasteiger partial charge in [0.2, 0.25) is 0 Å². The second kappa shape index (κ2) is 6.92. The zero-order valence-electron chi connectivity index (χ0n) is 15.0. The molecule has 128 valence electrons. The summed E-state index contributed by atoms with van der Waals surface area (Å²) in [5.74, 6) is 0. The molecule has 3 rings (SSSR count). The molecular weight excluding hydrogens is 284 g/mol. The number of morpholine rings is 1. The Hall–Kier alpha value is -0.900. The van der Waals surface area contributed by atoms with Crippen LogP contribution in [-0.4, -0.2) is 48.8 Å². The van der Waals surface area contributed by atoms with Gasteiger partial charge in [0.1, 0.15) is 0 Å². The van der Waals surface area contributed by atoms with Gasteiger partial charge in [-0.3, -0.25) is 0 Å². The highest BCUT2D eigenvalue weighted by molar-refractivity contribution is 5.14. The minimum atomic E-state index is -0.0235. The van der Waals surface area contributed by atoms with Gasteiger partial charge in [-0.25, -0.2) is 0 Å². The van der Waals surface area contributed by atoms with Crippen molar-refractivity contribution in [2.75, 3.05) is 26.7 Å². The lowest BCUT2D eigenvalue weighted by Gasteiger charge is -2.50. The van der Waals surface area contributed by atoms with E-state index in [0.29, 0.717) is 6.04 Å². The Balaban J connectivity index is 1.48. The molecule has 0 radical (unpaired) electrons. The first kappa shape index (κ1) is 16.9. The van der Waals surface area contributed by atoms with Gasteiger partial charge in [-0.15, -0.1) is 0 Å². The molecule has 1 heterocycles. The van der Waals surface area contributed by atoms with E-state index in [1.807, 2.05) is 0 Å². The van der Waals surface area contributed by atoms with Crippen molar-refractivity contribution in [1.82, 2.24) is 10.2 Å². The van der Waals surface area contributed by atoms with Crippen molar-refractivity contribution in [3.63, 3.8) is 0 Å². The number of rotatable bonds is 4. The Morgan fingerprint density at radius 1 is 1.13 bits per heavy atom. The Bertz CT molecular complexity index is 492. The maximum atomic E-state index is 6.48. The summed E-state index contributed by atoms with van der Waals surface area (Å²) >= 11 is 0. The van der Waals surface area contributed by atoms with Crippen LogP contribution in [0.15, 0.2) is 30.3 Å². The van der Waals surface area contributed by atoms with E-state index in [0.717, 1.165) is 26.1 Å². The summed E-state index contributed by atoms with van der Waals surface area (Å²) in [5.41, 5.74) is 1.50. The van der Waals surface area contributed by atoms with E-state index in [4.69, 9.17) is 4.74 Å². The van der Waals surface area contributed by atoms with Crippen LogP contribution in [0.25, 0.3) is 0 Å². The number of nitrogens with one attached hydrogen (secondary N) is 1. The molecule has 1 aliphatic carbocycles. The molecule has 2 fully saturated rings. The quantitative estimate of drug-likeness (QED) is 0.923. The van der Waals surface area contributed by atoms with Crippen molar-refractivity contribution >= 4 is 0 Å². The maximum Gasteiger partial charge on any atom is 0.0815 e. The zero-order chi connectivity index (χ0) is 16.3. The lowest BCUT2D eigenvalue weighted by atomic mass is 9.79.